The first kappa shape index (κ1) is 23.4. The van der Waals surface area contributed by atoms with Crippen molar-refractivity contribution in [3.05, 3.63) is 65.7 Å². The lowest BCUT2D eigenvalue weighted by Gasteiger charge is -2.36. The number of benzene rings is 2. The Morgan fingerprint density at radius 3 is 2.35 bits per heavy atom. The van der Waals surface area contributed by atoms with Crippen LogP contribution in [0, 0.1) is 0 Å². The number of hydrogen-bond acceptors (Lipinski definition) is 4. The van der Waals surface area contributed by atoms with E-state index in [4.69, 9.17) is 0 Å². The van der Waals surface area contributed by atoms with Crippen LogP contribution in [0.15, 0.2) is 59.5 Å². The second kappa shape index (κ2) is 10.9. The van der Waals surface area contributed by atoms with Crippen LogP contribution < -0.4 is 5.32 Å². The number of nitrogens with one attached hydrogen (secondary N) is 1. The smallest absolute Gasteiger partial charge is 0.251 e. The van der Waals surface area contributed by atoms with E-state index in [1.165, 1.54) is 34.8 Å². The molecule has 0 saturated carbocycles. The molecule has 1 atom stereocenters. The molecule has 0 aromatic heterocycles. The number of carbonyl (C=O) groups is 1. The van der Waals surface area contributed by atoms with Gasteiger partial charge >= 0.3 is 0 Å². The number of nitrogens with zero attached hydrogens (tertiary/aromatic N) is 2. The van der Waals surface area contributed by atoms with Gasteiger partial charge in [-0.05, 0) is 49.2 Å². The SMILES string of the molecule is CCN(CC)S(=O)(=O)c1ccc(C(=O)NCC2CCCCN2Cc2ccccc2)cc1. The van der Waals surface area contributed by atoms with Gasteiger partial charge in [-0.25, -0.2) is 8.42 Å². The number of hydrogen-bond donors (Lipinski definition) is 1. The second-order valence-electron chi connectivity index (χ2n) is 7.93. The van der Waals surface area contributed by atoms with Crippen LogP contribution in [0.1, 0.15) is 49.0 Å². The summed E-state index contributed by atoms with van der Waals surface area (Å²) < 4.78 is 26.6. The number of sulfonamides is 1. The van der Waals surface area contributed by atoms with Crippen LogP contribution in [0.4, 0.5) is 0 Å². The zero-order chi connectivity index (χ0) is 22.3. The predicted molar refractivity (Wildman–Crippen MR) is 123 cm³/mol. The normalized spacial score (nSPS) is 17.6. The van der Waals surface area contributed by atoms with Crippen LogP contribution in [-0.2, 0) is 16.6 Å². The van der Waals surface area contributed by atoms with Crippen LogP contribution in [0.2, 0.25) is 0 Å². The summed E-state index contributed by atoms with van der Waals surface area (Å²) in [5.74, 6) is -0.169. The molecule has 1 aliphatic heterocycles. The standard InChI is InChI=1S/C24H33N3O3S/c1-3-27(4-2)31(29,30)23-15-13-21(14-16-23)24(28)25-18-22-12-8-9-17-26(22)19-20-10-6-5-7-11-20/h5-7,10-11,13-16,22H,3-4,8-9,12,17-19H2,1-2H3,(H,25,28). The van der Waals surface area contributed by atoms with Crippen LogP contribution in [-0.4, -0.2) is 55.8 Å². The van der Waals surface area contributed by atoms with Crippen LogP contribution in [0.3, 0.4) is 0 Å². The van der Waals surface area contributed by atoms with Crippen molar-refractivity contribution in [3.8, 4) is 0 Å². The summed E-state index contributed by atoms with van der Waals surface area (Å²) in [7, 11) is -3.52. The molecule has 3 rings (SSSR count). The lowest BCUT2D eigenvalue weighted by molar-refractivity contribution is 0.0907. The van der Waals surface area contributed by atoms with Crippen molar-refractivity contribution in [2.45, 2.75) is 50.6 Å². The van der Waals surface area contributed by atoms with Gasteiger partial charge < -0.3 is 5.32 Å². The molecule has 1 unspecified atom stereocenters. The number of amides is 1. The number of rotatable bonds is 9. The van der Waals surface area contributed by atoms with E-state index in [9.17, 15) is 13.2 Å². The second-order valence-corrected chi connectivity index (χ2v) is 9.87. The first-order valence-corrected chi connectivity index (χ1v) is 12.6. The molecule has 31 heavy (non-hydrogen) atoms. The first-order valence-electron chi connectivity index (χ1n) is 11.1. The summed E-state index contributed by atoms with van der Waals surface area (Å²) in [6.07, 6.45) is 3.41. The Balaban J connectivity index is 1.60. The van der Waals surface area contributed by atoms with E-state index in [0.717, 1.165) is 19.5 Å². The Kier molecular flexibility index (Phi) is 8.23. The lowest BCUT2D eigenvalue weighted by Crippen LogP contribution is -2.46. The van der Waals surface area contributed by atoms with Gasteiger partial charge in [-0.2, -0.15) is 4.31 Å². The molecule has 1 heterocycles. The molecule has 0 radical (unpaired) electrons. The third-order valence-corrected chi connectivity index (χ3v) is 8.00. The van der Waals surface area contributed by atoms with Crippen molar-refractivity contribution in [1.29, 1.82) is 0 Å². The monoisotopic (exact) mass is 443 g/mol. The number of likely N-dealkylation sites (tertiary alicyclic amines) is 1. The molecule has 1 fully saturated rings. The van der Waals surface area contributed by atoms with Crippen LogP contribution in [0.25, 0.3) is 0 Å². The fraction of sp³-hybridized carbons (Fsp3) is 0.458. The highest BCUT2D eigenvalue weighted by molar-refractivity contribution is 7.89. The first-order chi connectivity index (χ1) is 15.0. The molecule has 0 spiro atoms. The number of carbonyl (C=O) groups excluding carboxylic acids is 1. The van der Waals surface area contributed by atoms with Gasteiger partial charge in [0.1, 0.15) is 0 Å². The average molecular weight is 444 g/mol. The molecular formula is C24H33N3O3S. The molecule has 7 heteroatoms. The highest BCUT2D eigenvalue weighted by Gasteiger charge is 2.24. The van der Waals surface area contributed by atoms with Crippen molar-refractivity contribution in [1.82, 2.24) is 14.5 Å². The zero-order valence-electron chi connectivity index (χ0n) is 18.5. The Hall–Kier alpha value is -2.22. The molecule has 2 aromatic rings. The molecular weight excluding hydrogens is 410 g/mol. The summed E-state index contributed by atoms with van der Waals surface area (Å²) in [6.45, 7) is 6.98. The third-order valence-electron chi connectivity index (χ3n) is 5.94. The fourth-order valence-corrected chi connectivity index (χ4v) is 5.58. The van der Waals surface area contributed by atoms with E-state index in [-0.39, 0.29) is 10.8 Å². The van der Waals surface area contributed by atoms with Gasteiger partial charge in [-0.1, -0.05) is 50.6 Å². The Bertz CT molecular complexity index is 942. The van der Waals surface area contributed by atoms with Crippen LogP contribution in [0.5, 0.6) is 0 Å². The maximum Gasteiger partial charge on any atom is 0.251 e. The molecule has 6 nitrogen and oxygen atoms in total. The van der Waals surface area contributed by atoms with E-state index in [1.807, 2.05) is 19.9 Å². The van der Waals surface area contributed by atoms with Gasteiger partial charge in [0.25, 0.3) is 5.91 Å². The van der Waals surface area contributed by atoms with Crippen molar-refractivity contribution < 1.29 is 13.2 Å². The quantitative estimate of drug-likeness (QED) is 0.644. The van der Waals surface area contributed by atoms with Crippen molar-refractivity contribution in [2.24, 2.45) is 0 Å². The maximum atomic E-state index is 12.7. The van der Waals surface area contributed by atoms with E-state index in [1.54, 1.807) is 12.1 Å². The van der Waals surface area contributed by atoms with Crippen LogP contribution >= 0.6 is 0 Å². The van der Waals surface area contributed by atoms with E-state index >= 15 is 0 Å². The van der Waals surface area contributed by atoms with Crippen molar-refractivity contribution >= 4 is 15.9 Å². The molecule has 2 aromatic carbocycles. The highest BCUT2D eigenvalue weighted by atomic mass is 32.2. The topological polar surface area (TPSA) is 69.7 Å². The maximum absolute atomic E-state index is 12.7. The summed E-state index contributed by atoms with van der Waals surface area (Å²) in [4.78, 5) is 15.3. The van der Waals surface area contributed by atoms with Gasteiger partial charge in [0.15, 0.2) is 0 Å². The lowest BCUT2D eigenvalue weighted by atomic mass is 10.0. The van der Waals surface area contributed by atoms with Crippen molar-refractivity contribution in [3.63, 3.8) is 0 Å². The van der Waals surface area contributed by atoms with Gasteiger partial charge in [-0.15, -0.1) is 0 Å². The summed E-state index contributed by atoms with van der Waals surface area (Å²) in [5, 5.41) is 3.05. The molecule has 1 aliphatic rings. The molecule has 1 amide bonds. The molecule has 1 N–H and O–H groups in total. The minimum Gasteiger partial charge on any atom is -0.350 e. The Morgan fingerprint density at radius 2 is 1.71 bits per heavy atom. The minimum absolute atomic E-state index is 0.169. The van der Waals surface area contributed by atoms with Gasteiger partial charge in [-0.3, -0.25) is 9.69 Å². The number of piperidine rings is 1. The predicted octanol–water partition coefficient (Wildman–Crippen LogP) is 3.50. The Labute approximate surface area is 186 Å². The summed E-state index contributed by atoms with van der Waals surface area (Å²) in [5.41, 5.74) is 1.76. The molecule has 1 saturated heterocycles. The minimum atomic E-state index is -3.52. The molecule has 0 bridgehead atoms. The van der Waals surface area contributed by atoms with Gasteiger partial charge in [0, 0.05) is 37.8 Å². The highest BCUT2D eigenvalue weighted by Crippen LogP contribution is 2.20. The Morgan fingerprint density at radius 1 is 1.03 bits per heavy atom. The zero-order valence-corrected chi connectivity index (χ0v) is 19.3. The van der Waals surface area contributed by atoms with Gasteiger partial charge in [0.05, 0.1) is 4.90 Å². The third kappa shape index (κ3) is 5.93. The van der Waals surface area contributed by atoms with E-state index in [2.05, 4.69) is 34.5 Å². The molecule has 168 valence electrons. The summed E-state index contributed by atoms with van der Waals surface area (Å²) >= 11 is 0. The van der Waals surface area contributed by atoms with Gasteiger partial charge in [0.2, 0.25) is 10.0 Å². The molecule has 0 aliphatic carbocycles. The fourth-order valence-electron chi connectivity index (χ4n) is 4.12. The van der Waals surface area contributed by atoms with E-state index < -0.39 is 10.0 Å². The van der Waals surface area contributed by atoms with E-state index in [0.29, 0.717) is 31.2 Å². The van der Waals surface area contributed by atoms with Crippen molar-refractivity contribution in [2.75, 3.05) is 26.2 Å². The largest absolute Gasteiger partial charge is 0.350 e. The summed E-state index contributed by atoms with van der Waals surface area (Å²) in [6, 6.07) is 16.9. The average Bonchev–Trinajstić information content (AvgIpc) is 2.79.